The summed E-state index contributed by atoms with van der Waals surface area (Å²) in [5, 5.41) is 463. The molecule has 0 saturated carbocycles. The molecule has 0 spiro atoms. The summed E-state index contributed by atoms with van der Waals surface area (Å²) < 4.78 is 8.21. The normalized spacial score (nSPS) is 21.9. The van der Waals surface area contributed by atoms with Crippen LogP contribution in [0.25, 0.3) is 0 Å². The van der Waals surface area contributed by atoms with Gasteiger partial charge in [0.25, 0.3) is 0 Å². The standard InChI is InChI=1S/C84H170O41/c85-35-57(105)15-55(11-7-3-1-5-9-13-77(17-59(107)37-87,18-60(108)38-88)19-61(109)39-89)79(23-65(113)43-93,24-66(114)44-94)81(27-69(117)47-97,28-70(118)48-98)83(31-73(121)51-101,32-74(122)52-102)125-84(33-75(123)53-103,34-76(124)54-104)82(29-71(119)49-99,30-72(120)50-100)80(25-67(115)45-95,26-68(116)46-96)56(16-58(106)36-86)12-8-4-2-6-10-14-78(20-62(110)40-90,21-63(111)41-91)22-64(112)42-92/h55-76,85-124H,1-54H2. The molecule has 0 heterocycles. The van der Waals surface area contributed by atoms with Crippen molar-refractivity contribution in [2.75, 3.05) is 132 Å². The maximum absolute atomic E-state index is 12.9. The highest BCUT2D eigenvalue weighted by Crippen LogP contribution is 2.72. The molecular weight excluding hydrogens is 1660 g/mol. The minimum Gasteiger partial charge on any atom is -0.394 e. The van der Waals surface area contributed by atoms with E-state index < -0.39 is 412 Å². The molecule has 0 rings (SSSR count). The van der Waals surface area contributed by atoms with Gasteiger partial charge in [0, 0.05) is 36.5 Å². The number of hydrogen-bond donors (Lipinski definition) is 40. The minimum absolute atomic E-state index is 0.0867. The lowest BCUT2D eigenvalue weighted by atomic mass is 9.40. The molecule has 0 fully saturated rings. The highest BCUT2D eigenvalue weighted by atomic mass is 16.5. The summed E-state index contributed by atoms with van der Waals surface area (Å²) in [5.74, 6) is -3.45. The van der Waals surface area contributed by atoms with Gasteiger partial charge in [-0.15, -0.1) is 0 Å². The van der Waals surface area contributed by atoms with E-state index in [1.165, 1.54) is 0 Å². The monoisotopic (exact) mass is 1840 g/mol. The Hall–Kier alpha value is -1.64. The summed E-state index contributed by atoms with van der Waals surface area (Å²) in [7, 11) is 0. The molecule has 41 heteroatoms. The van der Waals surface area contributed by atoms with Gasteiger partial charge in [-0.3, -0.25) is 0 Å². The molecule has 0 radical (unpaired) electrons. The lowest BCUT2D eigenvalue weighted by Gasteiger charge is -2.71. The van der Waals surface area contributed by atoms with Gasteiger partial charge >= 0.3 is 0 Å². The van der Waals surface area contributed by atoms with Crippen molar-refractivity contribution < 1.29 is 209 Å². The van der Waals surface area contributed by atoms with Crippen LogP contribution >= 0.6 is 0 Å². The molecular formula is C84H170O41. The first-order valence-electron chi connectivity index (χ1n) is 44.5. The predicted molar refractivity (Wildman–Crippen MR) is 447 cm³/mol. The van der Waals surface area contributed by atoms with Crippen LogP contribution in [0.4, 0.5) is 0 Å². The van der Waals surface area contributed by atoms with E-state index in [4.69, 9.17) is 4.74 Å². The first kappa shape index (κ1) is 123. The number of aliphatic hydroxyl groups is 40. The Morgan fingerprint density at radius 1 is 0.160 bits per heavy atom. The van der Waals surface area contributed by atoms with Crippen LogP contribution in [0.15, 0.2) is 0 Å². The highest BCUT2D eigenvalue weighted by molar-refractivity contribution is 5.22. The van der Waals surface area contributed by atoms with Gasteiger partial charge in [-0.2, -0.15) is 0 Å². The van der Waals surface area contributed by atoms with Crippen LogP contribution in [0.1, 0.15) is 218 Å². The average molecular weight is 1840 g/mol. The van der Waals surface area contributed by atoms with E-state index in [0.29, 0.717) is 0 Å². The Morgan fingerprint density at radius 2 is 0.312 bits per heavy atom. The molecule has 0 aliphatic heterocycles. The molecule has 41 nitrogen and oxygen atoms in total. The Kier molecular flexibility index (Phi) is 63.5. The third kappa shape index (κ3) is 39.3. The zero-order valence-corrected chi connectivity index (χ0v) is 73.2. The van der Waals surface area contributed by atoms with Gasteiger partial charge in [-0.25, -0.2) is 0 Å². The summed E-state index contributed by atoms with van der Waals surface area (Å²) in [4.78, 5) is 0. The van der Waals surface area contributed by atoms with Crippen LogP contribution in [-0.4, -0.2) is 470 Å². The average Bonchev–Trinajstić information content (AvgIpc) is 0.679. The van der Waals surface area contributed by atoms with E-state index in [-0.39, 0.29) is 116 Å². The number of rotatable bonds is 84. The van der Waals surface area contributed by atoms with E-state index in [9.17, 15) is 204 Å². The molecule has 0 aromatic heterocycles. The molecule has 22 unspecified atom stereocenters. The molecule has 0 aromatic rings. The summed E-state index contributed by atoms with van der Waals surface area (Å²) in [6, 6.07) is 0. The first-order valence-corrected chi connectivity index (χ1v) is 44.5. The maximum atomic E-state index is 12.9. The van der Waals surface area contributed by atoms with Crippen molar-refractivity contribution in [3.63, 3.8) is 0 Å². The van der Waals surface area contributed by atoms with Gasteiger partial charge in [-0.05, 0) is 162 Å². The third-order valence-corrected chi connectivity index (χ3v) is 26.5. The van der Waals surface area contributed by atoms with Gasteiger partial charge in [0.1, 0.15) is 0 Å². The van der Waals surface area contributed by atoms with Crippen LogP contribution in [0.3, 0.4) is 0 Å². The second kappa shape index (κ2) is 64.3. The minimum atomic E-state index is -3.47. The lowest BCUT2D eigenvalue weighted by molar-refractivity contribution is -0.353. The van der Waals surface area contributed by atoms with Crippen molar-refractivity contribution in [1.82, 2.24) is 0 Å². The molecule has 40 N–H and O–H groups in total. The summed E-state index contributed by atoms with van der Waals surface area (Å²) in [6.45, 7) is -23.7. The van der Waals surface area contributed by atoms with E-state index in [0.717, 1.165) is 0 Å². The summed E-state index contributed by atoms with van der Waals surface area (Å²) in [6.07, 6.45) is -59.1. The Bertz CT molecular complexity index is 2300. The van der Waals surface area contributed by atoms with Crippen LogP contribution in [0.5, 0.6) is 0 Å². The molecule has 0 amide bonds. The predicted octanol–water partition coefficient (Wildman–Crippen LogP) is -10.0. The molecule has 0 bridgehead atoms. The highest BCUT2D eigenvalue weighted by Gasteiger charge is 2.74. The maximum Gasteiger partial charge on any atom is 0.0804 e. The molecule has 752 valence electrons. The second-order valence-corrected chi connectivity index (χ2v) is 36.4. The number of ether oxygens (including phenoxy) is 1. The van der Waals surface area contributed by atoms with E-state index >= 15 is 0 Å². The lowest BCUT2D eigenvalue weighted by Crippen LogP contribution is -2.74. The van der Waals surface area contributed by atoms with Crippen LogP contribution in [-0.2, 0) is 4.74 Å². The quantitative estimate of drug-likeness (QED) is 0.0251. The summed E-state index contributed by atoms with van der Waals surface area (Å²) in [5.41, 5.74) is -21.3. The zero-order chi connectivity index (χ0) is 95.6. The van der Waals surface area contributed by atoms with Gasteiger partial charge in [-0.1, -0.05) is 64.2 Å². The largest absolute Gasteiger partial charge is 0.394 e. The van der Waals surface area contributed by atoms with E-state index in [1.54, 1.807) is 0 Å². The van der Waals surface area contributed by atoms with Crippen molar-refractivity contribution in [2.24, 2.45) is 44.3 Å². The first-order chi connectivity index (χ1) is 59.0. The fraction of sp³-hybridized carbons (Fsp3) is 1.00. The number of aliphatic hydroxyl groups excluding tert-OH is 40. The fourth-order valence-corrected chi connectivity index (χ4v) is 21.7. The Labute approximate surface area is 734 Å². The van der Waals surface area contributed by atoms with Crippen LogP contribution in [0.2, 0.25) is 0 Å². The second-order valence-electron chi connectivity index (χ2n) is 36.4. The van der Waals surface area contributed by atoms with Crippen LogP contribution < -0.4 is 0 Å². The smallest absolute Gasteiger partial charge is 0.0804 e. The summed E-state index contributed by atoms with van der Waals surface area (Å²) >= 11 is 0. The fourth-order valence-electron chi connectivity index (χ4n) is 21.7. The molecule has 0 saturated heterocycles. The van der Waals surface area contributed by atoms with Crippen molar-refractivity contribution >= 4 is 0 Å². The third-order valence-electron chi connectivity index (χ3n) is 26.5. The van der Waals surface area contributed by atoms with Crippen molar-refractivity contribution in [3.8, 4) is 0 Å². The molecule has 22 atom stereocenters. The van der Waals surface area contributed by atoms with Crippen molar-refractivity contribution in [3.05, 3.63) is 0 Å². The van der Waals surface area contributed by atoms with Gasteiger partial charge in [0.15, 0.2) is 0 Å². The van der Waals surface area contributed by atoms with E-state index in [1.807, 2.05) is 0 Å². The molecule has 0 aliphatic rings. The molecule has 125 heavy (non-hydrogen) atoms. The van der Waals surface area contributed by atoms with Gasteiger partial charge in [0.2, 0.25) is 0 Å². The Balaban J connectivity index is 11.5. The zero-order valence-electron chi connectivity index (χ0n) is 73.2. The molecule has 0 aromatic carbocycles. The SMILES string of the molecule is OCC(O)CC(CCCCCCCC(CC(O)CO)(CC(O)CO)CC(O)CO)C(CC(O)CO)(CC(O)CO)C(CC(O)CO)(CC(O)CO)C(CC(O)CO)(CC(O)CO)OC(CC(O)CO)(CC(O)CO)C(CC(O)CO)(CC(O)CO)C(CC(O)CO)(CC(O)CO)C(CCCCCCCC(CC(O)CO)(CC(O)CO)CC(O)CO)CC(O)CO. The Morgan fingerprint density at radius 3 is 0.496 bits per heavy atom. The molecule has 0 aliphatic carbocycles. The van der Waals surface area contributed by atoms with Crippen molar-refractivity contribution in [2.45, 2.75) is 352 Å². The van der Waals surface area contributed by atoms with E-state index in [2.05, 4.69) is 0 Å². The topological polar surface area (TPSA) is 818 Å². The number of hydrogen-bond acceptors (Lipinski definition) is 41. The number of unbranched alkanes of at least 4 members (excludes halogenated alkanes) is 8. The van der Waals surface area contributed by atoms with Gasteiger partial charge in [0.05, 0.1) is 265 Å². The van der Waals surface area contributed by atoms with Crippen molar-refractivity contribution in [1.29, 1.82) is 0 Å². The van der Waals surface area contributed by atoms with Crippen LogP contribution in [0, 0.1) is 44.3 Å². The van der Waals surface area contributed by atoms with Gasteiger partial charge < -0.3 is 209 Å².